The Bertz CT molecular complexity index is 1450. The Morgan fingerprint density at radius 2 is 1.83 bits per heavy atom. The lowest BCUT2D eigenvalue weighted by Gasteiger charge is -2.28. The fraction of sp³-hybridized carbons (Fsp3) is 0.367. The van der Waals surface area contributed by atoms with Crippen LogP contribution in [0.1, 0.15) is 36.8 Å². The lowest BCUT2D eigenvalue weighted by Crippen LogP contribution is -2.42. The van der Waals surface area contributed by atoms with Crippen molar-refractivity contribution in [2.24, 2.45) is 5.73 Å². The minimum absolute atomic E-state index is 0.217. The van der Waals surface area contributed by atoms with E-state index in [1.54, 1.807) is 23.1 Å². The van der Waals surface area contributed by atoms with Crippen LogP contribution in [-0.2, 0) is 11.0 Å². The van der Waals surface area contributed by atoms with Crippen LogP contribution in [0.15, 0.2) is 60.7 Å². The molecule has 1 aromatic heterocycles. The monoisotopic (exact) mass is 566 g/mol. The molecule has 11 heteroatoms. The molecular formula is C30H33F3N6O2. The van der Waals surface area contributed by atoms with E-state index < -0.39 is 11.7 Å². The summed E-state index contributed by atoms with van der Waals surface area (Å²) in [6.45, 7) is 4.33. The average molecular weight is 567 g/mol. The Morgan fingerprint density at radius 3 is 2.59 bits per heavy atom. The second kappa shape index (κ2) is 11.4. The van der Waals surface area contributed by atoms with Crippen molar-refractivity contribution in [3.8, 4) is 11.3 Å². The number of aromatic nitrogens is 1. The number of alkyl halides is 3. The molecule has 1 fully saturated rings. The Labute approximate surface area is 236 Å². The number of nitrogens with two attached hydrogens (primary N) is 1. The highest BCUT2D eigenvalue weighted by molar-refractivity contribution is 6.04. The van der Waals surface area contributed by atoms with Crippen LogP contribution in [-0.4, -0.2) is 61.1 Å². The number of fused-ring (bicyclic) bond motifs is 1. The zero-order valence-corrected chi connectivity index (χ0v) is 23.0. The van der Waals surface area contributed by atoms with Crippen molar-refractivity contribution in [3.05, 3.63) is 71.8 Å². The predicted octanol–water partition coefficient (Wildman–Crippen LogP) is 5.31. The van der Waals surface area contributed by atoms with Gasteiger partial charge in [-0.05, 0) is 74.2 Å². The van der Waals surface area contributed by atoms with E-state index in [0.29, 0.717) is 42.3 Å². The standard InChI is InChI=1S/C30H33F3N6O2/c1-19-11-13-37(2)26-10-9-25(21-6-3-7-23(15-21)30(31,32)33)36-28(26)39(19)29(41)35-24-8-4-5-20(16-24)22-12-14-38(17-22)18-27(34)40/h3-10,15-16,19,22H,11-14,17-18H2,1-2H3,(H2,34,40)(H,35,41)/t19-,22?/m1/s1. The molecular weight excluding hydrogens is 533 g/mol. The molecule has 3 amide bonds. The number of carbonyl (C=O) groups excluding carboxylic acids is 2. The number of hydrogen-bond donors (Lipinski definition) is 2. The molecule has 3 heterocycles. The van der Waals surface area contributed by atoms with Gasteiger partial charge in [0.1, 0.15) is 0 Å². The Balaban J connectivity index is 1.42. The summed E-state index contributed by atoms with van der Waals surface area (Å²) < 4.78 is 40.1. The second-order valence-electron chi connectivity index (χ2n) is 10.8. The molecule has 216 valence electrons. The summed E-state index contributed by atoms with van der Waals surface area (Å²) in [5.41, 5.74) is 7.66. The van der Waals surface area contributed by atoms with Crippen molar-refractivity contribution in [3.63, 3.8) is 0 Å². The lowest BCUT2D eigenvalue weighted by atomic mass is 9.98. The average Bonchev–Trinajstić information content (AvgIpc) is 3.34. The highest BCUT2D eigenvalue weighted by Crippen LogP contribution is 2.37. The molecule has 0 spiro atoms. The van der Waals surface area contributed by atoms with Crippen LogP contribution < -0.4 is 20.9 Å². The topological polar surface area (TPSA) is 94.8 Å². The normalized spacial score (nSPS) is 19.5. The van der Waals surface area contributed by atoms with Gasteiger partial charge in [0.25, 0.3) is 0 Å². The van der Waals surface area contributed by atoms with Crippen LogP contribution in [0.25, 0.3) is 11.3 Å². The van der Waals surface area contributed by atoms with E-state index in [2.05, 4.69) is 5.32 Å². The maximum atomic E-state index is 13.8. The van der Waals surface area contributed by atoms with Gasteiger partial charge in [-0.25, -0.2) is 9.78 Å². The molecule has 8 nitrogen and oxygen atoms in total. The minimum Gasteiger partial charge on any atom is -0.372 e. The van der Waals surface area contributed by atoms with Gasteiger partial charge >= 0.3 is 12.2 Å². The highest BCUT2D eigenvalue weighted by Gasteiger charge is 2.33. The third-order valence-electron chi connectivity index (χ3n) is 7.78. The summed E-state index contributed by atoms with van der Waals surface area (Å²) in [6.07, 6.45) is -2.91. The Morgan fingerprint density at radius 1 is 1.05 bits per heavy atom. The lowest BCUT2D eigenvalue weighted by molar-refractivity contribution is -0.137. The first-order chi connectivity index (χ1) is 19.5. The molecule has 0 saturated carbocycles. The zero-order valence-electron chi connectivity index (χ0n) is 23.0. The van der Waals surface area contributed by atoms with E-state index in [4.69, 9.17) is 10.7 Å². The van der Waals surface area contributed by atoms with E-state index in [0.717, 1.165) is 36.3 Å². The molecule has 2 atom stereocenters. The summed E-state index contributed by atoms with van der Waals surface area (Å²) in [6, 6.07) is 15.6. The van der Waals surface area contributed by atoms with Gasteiger partial charge in [-0.15, -0.1) is 0 Å². The van der Waals surface area contributed by atoms with Gasteiger partial charge in [-0.2, -0.15) is 13.2 Å². The maximum Gasteiger partial charge on any atom is 0.416 e. The van der Waals surface area contributed by atoms with E-state index in [1.165, 1.54) is 6.07 Å². The number of hydrogen-bond acceptors (Lipinski definition) is 5. The fourth-order valence-corrected chi connectivity index (χ4v) is 5.59. The summed E-state index contributed by atoms with van der Waals surface area (Å²) in [5, 5.41) is 3.01. The van der Waals surface area contributed by atoms with Crippen LogP contribution in [0, 0.1) is 0 Å². The van der Waals surface area contributed by atoms with E-state index in [9.17, 15) is 22.8 Å². The number of nitrogens with zero attached hydrogens (tertiary/aromatic N) is 4. The van der Waals surface area contributed by atoms with E-state index in [-0.39, 0.29) is 30.4 Å². The molecule has 2 aliphatic rings. The van der Waals surface area contributed by atoms with Gasteiger partial charge in [0.05, 0.1) is 23.5 Å². The Hall–Kier alpha value is -4.12. The highest BCUT2D eigenvalue weighted by atomic mass is 19.4. The smallest absolute Gasteiger partial charge is 0.372 e. The molecule has 5 rings (SSSR count). The molecule has 2 aliphatic heterocycles. The zero-order chi connectivity index (χ0) is 29.3. The van der Waals surface area contributed by atoms with Crippen molar-refractivity contribution in [1.82, 2.24) is 9.88 Å². The molecule has 1 unspecified atom stereocenters. The summed E-state index contributed by atoms with van der Waals surface area (Å²) in [7, 11) is 1.91. The first-order valence-corrected chi connectivity index (χ1v) is 13.6. The van der Waals surface area contributed by atoms with Crippen LogP contribution in [0.5, 0.6) is 0 Å². The summed E-state index contributed by atoms with van der Waals surface area (Å²) >= 11 is 0. The third kappa shape index (κ3) is 6.30. The number of urea groups is 1. The van der Waals surface area contributed by atoms with Crippen molar-refractivity contribution in [1.29, 1.82) is 0 Å². The number of primary amides is 1. The number of benzene rings is 2. The SMILES string of the molecule is C[C@@H]1CCN(C)c2ccc(-c3cccc(C(F)(F)F)c3)nc2N1C(=O)Nc1cccc(C2CCN(CC(N)=O)C2)c1. The van der Waals surface area contributed by atoms with Crippen LogP contribution >= 0.6 is 0 Å². The van der Waals surface area contributed by atoms with Crippen molar-refractivity contribution in [2.45, 2.75) is 37.9 Å². The Kier molecular flexibility index (Phi) is 7.90. The summed E-state index contributed by atoms with van der Waals surface area (Å²) in [5.74, 6) is 0.252. The number of anilines is 3. The first kappa shape index (κ1) is 28.4. The number of halogens is 3. The van der Waals surface area contributed by atoms with E-state index in [1.807, 2.05) is 48.0 Å². The molecule has 41 heavy (non-hydrogen) atoms. The quantitative estimate of drug-likeness (QED) is 0.437. The summed E-state index contributed by atoms with van der Waals surface area (Å²) in [4.78, 5) is 35.5. The van der Waals surface area contributed by atoms with Crippen LogP contribution in [0.4, 0.5) is 35.2 Å². The van der Waals surface area contributed by atoms with Gasteiger partial charge in [0.15, 0.2) is 5.82 Å². The fourth-order valence-electron chi connectivity index (χ4n) is 5.59. The number of nitrogens with one attached hydrogen (secondary N) is 1. The van der Waals surface area contributed by atoms with Gasteiger partial charge in [0, 0.05) is 37.4 Å². The largest absolute Gasteiger partial charge is 0.416 e. The molecule has 2 aromatic carbocycles. The number of rotatable bonds is 5. The van der Waals surface area contributed by atoms with Gasteiger partial charge < -0.3 is 16.0 Å². The minimum atomic E-state index is -4.48. The molecule has 3 aromatic rings. The number of likely N-dealkylation sites (tertiary alicyclic amines) is 1. The molecule has 0 bridgehead atoms. The van der Waals surface area contributed by atoms with Crippen molar-refractivity contribution in [2.75, 3.05) is 48.3 Å². The predicted molar refractivity (Wildman–Crippen MR) is 153 cm³/mol. The number of amides is 3. The molecule has 1 saturated heterocycles. The first-order valence-electron chi connectivity index (χ1n) is 13.6. The molecule has 3 N–H and O–H groups in total. The van der Waals surface area contributed by atoms with Crippen molar-refractivity contribution < 1.29 is 22.8 Å². The second-order valence-corrected chi connectivity index (χ2v) is 10.8. The number of carbonyl (C=O) groups is 2. The maximum absolute atomic E-state index is 13.8. The molecule has 0 aliphatic carbocycles. The van der Waals surface area contributed by atoms with Crippen LogP contribution in [0.3, 0.4) is 0 Å². The van der Waals surface area contributed by atoms with Gasteiger partial charge in [-0.3, -0.25) is 14.6 Å². The third-order valence-corrected chi connectivity index (χ3v) is 7.78. The molecule has 0 radical (unpaired) electrons. The number of pyridine rings is 1. The van der Waals surface area contributed by atoms with E-state index >= 15 is 0 Å². The van der Waals surface area contributed by atoms with Crippen LogP contribution in [0.2, 0.25) is 0 Å². The van der Waals surface area contributed by atoms with Gasteiger partial charge in [0.2, 0.25) is 5.91 Å². The van der Waals surface area contributed by atoms with Gasteiger partial charge in [-0.1, -0.05) is 24.3 Å². The van der Waals surface area contributed by atoms with Crippen molar-refractivity contribution >= 4 is 29.1 Å².